The highest BCUT2D eigenvalue weighted by Gasteiger charge is 2.30. The quantitative estimate of drug-likeness (QED) is 0.213. The van der Waals surface area contributed by atoms with Gasteiger partial charge in [-0.25, -0.2) is 14.6 Å². The van der Waals surface area contributed by atoms with Gasteiger partial charge in [-0.1, -0.05) is 13.8 Å². The van der Waals surface area contributed by atoms with Gasteiger partial charge in [-0.15, -0.1) is 11.3 Å². The van der Waals surface area contributed by atoms with Crippen LogP contribution in [0.5, 0.6) is 5.75 Å². The molecule has 1 unspecified atom stereocenters. The van der Waals surface area contributed by atoms with E-state index in [9.17, 15) is 14.4 Å². The molecule has 0 aliphatic carbocycles. The molecule has 0 bridgehead atoms. The standard InChI is InChI=1S/C31H39N3O7S/c1-8-39-28(36)22-16-34-24(18(2)3)12-19-13-27(40-11-9-10-38-7)21(14-20(19)25(34)15-26(22)35)23-17-42-29(32-23)33-30(37)41-31(4,5)6/h13-18,24H,8-12H2,1-7H3,(H,32,33,37). The number of esters is 1. The fourth-order valence-corrected chi connectivity index (χ4v) is 5.56. The Balaban J connectivity index is 1.80. The lowest BCUT2D eigenvalue weighted by molar-refractivity contribution is 0.0522. The van der Waals surface area contributed by atoms with Crippen molar-refractivity contribution < 1.29 is 28.5 Å². The summed E-state index contributed by atoms with van der Waals surface area (Å²) in [4.78, 5) is 42.7. The lowest BCUT2D eigenvalue weighted by Gasteiger charge is -2.34. The second-order valence-corrected chi connectivity index (χ2v) is 12.3. The van der Waals surface area contributed by atoms with Gasteiger partial charge in [0.1, 0.15) is 16.9 Å². The van der Waals surface area contributed by atoms with Gasteiger partial charge in [0.15, 0.2) is 10.6 Å². The van der Waals surface area contributed by atoms with E-state index in [4.69, 9.17) is 18.9 Å². The number of ether oxygens (including phenoxy) is 4. The third-order valence-corrected chi connectivity index (χ3v) is 7.51. The first kappa shape index (κ1) is 31.2. The number of aromatic nitrogens is 2. The molecule has 3 heterocycles. The largest absolute Gasteiger partial charge is 0.493 e. The number of hydrogen-bond donors (Lipinski definition) is 1. The number of methoxy groups -OCH3 is 1. The topological polar surface area (TPSA) is 118 Å². The first-order valence-electron chi connectivity index (χ1n) is 14.1. The van der Waals surface area contributed by atoms with Crippen LogP contribution in [0.3, 0.4) is 0 Å². The van der Waals surface area contributed by atoms with Crippen LogP contribution in [0.2, 0.25) is 0 Å². The molecule has 2 aromatic heterocycles. The number of anilines is 1. The minimum atomic E-state index is -0.641. The predicted octanol–water partition coefficient (Wildman–Crippen LogP) is 6.33. The van der Waals surface area contributed by atoms with Crippen LogP contribution < -0.4 is 15.5 Å². The van der Waals surface area contributed by atoms with E-state index in [0.29, 0.717) is 48.3 Å². The Morgan fingerprint density at radius 1 is 1.17 bits per heavy atom. The third kappa shape index (κ3) is 7.19. The fourth-order valence-electron chi connectivity index (χ4n) is 4.86. The van der Waals surface area contributed by atoms with Crippen molar-refractivity contribution in [2.75, 3.05) is 32.2 Å². The molecule has 3 aromatic rings. The summed E-state index contributed by atoms with van der Waals surface area (Å²) in [6.45, 7) is 12.5. The summed E-state index contributed by atoms with van der Waals surface area (Å²) in [5.41, 5.74) is 2.91. The second-order valence-electron chi connectivity index (χ2n) is 11.4. The summed E-state index contributed by atoms with van der Waals surface area (Å²) in [7, 11) is 1.65. The number of pyridine rings is 1. The van der Waals surface area contributed by atoms with E-state index >= 15 is 0 Å². The van der Waals surface area contributed by atoms with Crippen molar-refractivity contribution in [2.45, 2.75) is 66.0 Å². The molecule has 11 heteroatoms. The molecule has 10 nitrogen and oxygen atoms in total. The summed E-state index contributed by atoms with van der Waals surface area (Å²) in [5, 5.41) is 4.93. The molecule has 0 saturated heterocycles. The monoisotopic (exact) mass is 597 g/mol. The van der Waals surface area contributed by atoms with Crippen molar-refractivity contribution in [3.63, 3.8) is 0 Å². The van der Waals surface area contributed by atoms with Gasteiger partial charge >= 0.3 is 12.1 Å². The molecule has 42 heavy (non-hydrogen) atoms. The van der Waals surface area contributed by atoms with Crippen LogP contribution in [0.25, 0.3) is 22.5 Å². The maximum Gasteiger partial charge on any atom is 0.413 e. The van der Waals surface area contributed by atoms with Gasteiger partial charge in [0.05, 0.1) is 24.6 Å². The van der Waals surface area contributed by atoms with Crippen LogP contribution in [0.1, 0.15) is 69.9 Å². The van der Waals surface area contributed by atoms with Crippen LogP contribution in [0.15, 0.2) is 34.6 Å². The average Bonchev–Trinajstić information content (AvgIpc) is 3.36. The predicted molar refractivity (Wildman–Crippen MR) is 163 cm³/mol. The lowest BCUT2D eigenvalue weighted by atomic mass is 9.86. The summed E-state index contributed by atoms with van der Waals surface area (Å²) >= 11 is 1.27. The van der Waals surface area contributed by atoms with Crippen molar-refractivity contribution in [3.8, 4) is 28.3 Å². The second kappa shape index (κ2) is 13.1. The highest BCUT2D eigenvalue weighted by Crippen LogP contribution is 2.43. The SMILES string of the molecule is CCOC(=O)c1cn2c(cc1=O)-c1cc(-c3csc(NC(=O)OC(C)(C)C)n3)c(OCCCOC)cc1CC2C(C)C. The van der Waals surface area contributed by atoms with Gasteiger partial charge < -0.3 is 23.5 Å². The molecular formula is C31H39N3O7S. The third-order valence-electron chi connectivity index (χ3n) is 6.75. The van der Waals surface area contributed by atoms with E-state index in [1.54, 1.807) is 41.0 Å². The van der Waals surface area contributed by atoms with Crippen molar-refractivity contribution in [2.24, 2.45) is 5.92 Å². The van der Waals surface area contributed by atoms with Crippen LogP contribution in [-0.4, -0.2) is 54.1 Å². The zero-order valence-electron chi connectivity index (χ0n) is 25.2. The Labute approximate surface area is 250 Å². The maximum absolute atomic E-state index is 13.1. The number of carbonyl (C=O) groups is 2. The van der Waals surface area contributed by atoms with Gasteiger partial charge in [0.2, 0.25) is 0 Å². The Morgan fingerprint density at radius 3 is 2.60 bits per heavy atom. The Hall–Kier alpha value is -3.70. The molecule has 1 aromatic carbocycles. The van der Waals surface area contributed by atoms with Crippen molar-refractivity contribution >= 4 is 28.5 Å². The molecule has 1 aliphatic heterocycles. The molecule has 4 rings (SSSR count). The minimum absolute atomic E-state index is 0.0115. The molecule has 1 amide bonds. The van der Waals surface area contributed by atoms with Gasteiger partial charge in [-0.3, -0.25) is 10.1 Å². The highest BCUT2D eigenvalue weighted by molar-refractivity contribution is 7.14. The van der Waals surface area contributed by atoms with Crippen LogP contribution in [0, 0.1) is 5.92 Å². The van der Waals surface area contributed by atoms with E-state index in [0.717, 1.165) is 16.7 Å². The minimum Gasteiger partial charge on any atom is -0.493 e. The number of amides is 1. The molecule has 1 atom stereocenters. The number of thiazole rings is 1. The zero-order chi connectivity index (χ0) is 30.6. The molecule has 1 aliphatic rings. The van der Waals surface area contributed by atoms with E-state index in [2.05, 4.69) is 24.1 Å². The van der Waals surface area contributed by atoms with Crippen LogP contribution in [-0.2, 0) is 20.6 Å². The van der Waals surface area contributed by atoms with E-state index in [-0.39, 0.29) is 24.1 Å². The number of nitrogens with one attached hydrogen (secondary N) is 1. The Morgan fingerprint density at radius 2 is 1.93 bits per heavy atom. The summed E-state index contributed by atoms with van der Waals surface area (Å²) in [5.74, 6) is 0.250. The zero-order valence-corrected chi connectivity index (χ0v) is 26.1. The first-order chi connectivity index (χ1) is 19.9. The molecule has 226 valence electrons. The van der Waals surface area contributed by atoms with Gasteiger partial charge in [-0.05, 0) is 57.7 Å². The molecule has 0 spiro atoms. The number of rotatable bonds is 10. The molecule has 0 fully saturated rings. The summed E-state index contributed by atoms with van der Waals surface area (Å²) in [6.07, 6.45) is 2.43. The summed E-state index contributed by atoms with van der Waals surface area (Å²) < 4.78 is 24.0. The first-order valence-corrected chi connectivity index (χ1v) is 15.0. The molecular weight excluding hydrogens is 558 g/mol. The number of nitrogens with zero attached hydrogens (tertiary/aromatic N) is 2. The van der Waals surface area contributed by atoms with E-state index in [1.165, 1.54) is 17.4 Å². The average molecular weight is 598 g/mol. The number of hydrogen-bond acceptors (Lipinski definition) is 9. The number of fused-ring (bicyclic) bond motifs is 3. The summed E-state index contributed by atoms with van der Waals surface area (Å²) in [6, 6.07) is 5.51. The van der Waals surface area contributed by atoms with Crippen molar-refractivity contribution in [1.29, 1.82) is 0 Å². The normalized spacial score (nSPS) is 14.2. The van der Waals surface area contributed by atoms with Crippen LogP contribution >= 0.6 is 11.3 Å². The smallest absolute Gasteiger partial charge is 0.413 e. The number of carbonyl (C=O) groups excluding carboxylic acids is 2. The van der Waals surface area contributed by atoms with E-state index in [1.807, 2.05) is 22.1 Å². The lowest BCUT2D eigenvalue weighted by Crippen LogP contribution is -2.28. The van der Waals surface area contributed by atoms with Crippen LogP contribution in [0.4, 0.5) is 9.93 Å². The number of benzene rings is 1. The Bertz CT molecular complexity index is 1500. The highest BCUT2D eigenvalue weighted by atomic mass is 32.1. The van der Waals surface area contributed by atoms with Gasteiger partial charge in [0.25, 0.3) is 0 Å². The maximum atomic E-state index is 13.1. The molecule has 0 saturated carbocycles. The van der Waals surface area contributed by atoms with E-state index < -0.39 is 23.1 Å². The molecule has 1 N–H and O–H groups in total. The van der Waals surface area contributed by atoms with Crippen molar-refractivity contribution in [1.82, 2.24) is 9.55 Å². The van der Waals surface area contributed by atoms with Gasteiger partial charge in [-0.2, -0.15) is 0 Å². The molecule has 0 radical (unpaired) electrons. The Kier molecular flexibility index (Phi) is 9.73. The van der Waals surface area contributed by atoms with Gasteiger partial charge in [0, 0.05) is 54.9 Å². The van der Waals surface area contributed by atoms with Crippen molar-refractivity contribution in [3.05, 3.63) is 51.1 Å². The fraction of sp³-hybridized carbons (Fsp3) is 0.484.